The van der Waals surface area contributed by atoms with Gasteiger partial charge in [-0.3, -0.25) is 9.59 Å². The highest BCUT2D eigenvalue weighted by Gasteiger charge is 2.35. The second-order valence-corrected chi connectivity index (χ2v) is 7.47. The molecule has 0 radical (unpaired) electrons. The molecule has 0 aliphatic carbocycles. The van der Waals surface area contributed by atoms with Gasteiger partial charge in [0.25, 0.3) is 0 Å². The Bertz CT molecular complexity index is 624. The van der Waals surface area contributed by atoms with Crippen molar-refractivity contribution in [3.63, 3.8) is 0 Å². The van der Waals surface area contributed by atoms with Gasteiger partial charge in [0.2, 0.25) is 11.8 Å². The Hall–Kier alpha value is -1.92. The second kappa shape index (κ2) is 9.14. The number of benzene rings is 1. The lowest BCUT2D eigenvalue weighted by Crippen LogP contribution is -2.50. The molecule has 1 fully saturated rings. The number of carbonyl (C=O) groups excluding carboxylic acids is 2. The van der Waals surface area contributed by atoms with Crippen molar-refractivity contribution in [2.24, 2.45) is 11.7 Å². The Labute approximate surface area is 155 Å². The molecule has 0 spiro atoms. The highest BCUT2D eigenvalue weighted by Crippen LogP contribution is 2.36. The molecule has 6 heteroatoms. The molecule has 1 heterocycles. The van der Waals surface area contributed by atoms with Gasteiger partial charge in [-0.25, -0.2) is 0 Å². The predicted octanol–water partition coefficient (Wildman–Crippen LogP) is 1.26. The van der Waals surface area contributed by atoms with Crippen LogP contribution in [-0.2, 0) is 19.7 Å². The minimum absolute atomic E-state index is 0.0321. The number of ether oxygens (including phenoxy) is 1. The monoisotopic (exact) mass is 361 g/mol. The highest BCUT2D eigenvalue weighted by molar-refractivity contribution is 5.87. The van der Waals surface area contributed by atoms with Gasteiger partial charge in [0, 0.05) is 25.2 Å². The number of amides is 2. The molecule has 0 unspecified atom stereocenters. The second-order valence-electron chi connectivity index (χ2n) is 7.47. The molecule has 1 aromatic carbocycles. The smallest absolute Gasteiger partial charge is 0.239 e. The maximum absolute atomic E-state index is 12.2. The van der Waals surface area contributed by atoms with Crippen LogP contribution in [0.1, 0.15) is 37.8 Å². The first-order chi connectivity index (χ1) is 12.4. The first kappa shape index (κ1) is 20.4. The van der Waals surface area contributed by atoms with Crippen molar-refractivity contribution in [3.05, 3.63) is 35.4 Å². The van der Waals surface area contributed by atoms with Gasteiger partial charge in [-0.2, -0.15) is 0 Å². The summed E-state index contributed by atoms with van der Waals surface area (Å²) >= 11 is 0. The van der Waals surface area contributed by atoms with E-state index in [1.165, 1.54) is 11.1 Å². The summed E-state index contributed by atoms with van der Waals surface area (Å²) in [5.74, 6) is -0.465. The Kier molecular flexibility index (Phi) is 7.17. The van der Waals surface area contributed by atoms with Gasteiger partial charge in [-0.1, -0.05) is 38.1 Å². The van der Waals surface area contributed by atoms with E-state index in [0.29, 0.717) is 19.8 Å². The molecule has 0 aromatic heterocycles. The predicted molar refractivity (Wildman–Crippen MR) is 102 cm³/mol. The van der Waals surface area contributed by atoms with E-state index in [-0.39, 0.29) is 29.7 Å². The largest absolute Gasteiger partial charge is 0.381 e. The topological polar surface area (TPSA) is 93.5 Å². The molecule has 2 amide bonds. The summed E-state index contributed by atoms with van der Waals surface area (Å²) in [6.07, 6.45) is 1.73. The SMILES string of the molecule is Cc1ccccc1C1(CNC(=O)CNC(=O)[C@@H](N)C(C)C)CCOCC1. The number of carbonyl (C=O) groups is 2. The maximum atomic E-state index is 12.2. The van der Waals surface area contributed by atoms with Crippen LogP contribution in [0.25, 0.3) is 0 Å². The molecule has 0 bridgehead atoms. The summed E-state index contributed by atoms with van der Waals surface area (Å²) in [4.78, 5) is 24.1. The number of hydrogen-bond donors (Lipinski definition) is 3. The van der Waals surface area contributed by atoms with Gasteiger partial charge in [0.05, 0.1) is 12.6 Å². The van der Waals surface area contributed by atoms with Crippen molar-refractivity contribution >= 4 is 11.8 Å². The van der Waals surface area contributed by atoms with Crippen molar-refractivity contribution in [3.8, 4) is 0 Å². The fraction of sp³-hybridized carbons (Fsp3) is 0.600. The average molecular weight is 361 g/mol. The molecule has 2 rings (SSSR count). The third-order valence-electron chi connectivity index (χ3n) is 5.23. The van der Waals surface area contributed by atoms with E-state index in [0.717, 1.165) is 12.8 Å². The van der Waals surface area contributed by atoms with Crippen LogP contribution in [-0.4, -0.2) is 44.2 Å². The van der Waals surface area contributed by atoms with E-state index in [1.807, 2.05) is 26.0 Å². The van der Waals surface area contributed by atoms with Crippen LogP contribution in [0.4, 0.5) is 0 Å². The van der Waals surface area contributed by atoms with E-state index in [4.69, 9.17) is 10.5 Å². The van der Waals surface area contributed by atoms with Crippen molar-refractivity contribution in [1.29, 1.82) is 0 Å². The quantitative estimate of drug-likeness (QED) is 0.681. The van der Waals surface area contributed by atoms with E-state index in [1.54, 1.807) is 0 Å². The molecule has 6 nitrogen and oxygen atoms in total. The van der Waals surface area contributed by atoms with Crippen molar-refractivity contribution in [2.75, 3.05) is 26.3 Å². The molecule has 1 aromatic rings. The lowest BCUT2D eigenvalue weighted by atomic mass is 9.72. The Morgan fingerprint density at radius 1 is 1.19 bits per heavy atom. The van der Waals surface area contributed by atoms with Crippen LogP contribution in [0.15, 0.2) is 24.3 Å². The number of rotatable bonds is 7. The molecule has 144 valence electrons. The van der Waals surface area contributed by atoms with Crippen LogP contribution in [0, 0.1) is 12.8 Å². The Balaban J connectivity index is 1.97. The third kappa shape index (κ3) is 5.05. The summed E-state index contributed by atoms with van der Waals surface area (Å²) in [7, 11) is 0. The molecule has 1 aliphatic heterocycles. The standard InChI is InChI=1S/C20H31N3O3/c1-14(2)18(21)19(25)22-12-17(24)23-13-20(8-10-26-11-9-20)16-7-5-4-6-15(16)3/h4-7,14,18H,8-13,21H2,1-3H3,(H,22,25)(H,23,24)/t18-/m0/s1. The number of nitrogens with one attached hydrogen (secondary N) is 2. The minimum Gasteiger partial charge on any atom is -0.381 e. The summed E-state index contributed by atoms with van der Waals surface area (Å²) in [6.45, 7) is 7.70. The van der Waals surface area contributed by atoms with Crippen LogP contribution in [0.3, 0.4) is 0 Å². The summed E-state index contributed by atoms with van der Waals surface area (Å²) in [5.41, 5.74) is 8.15. The molecule has 0 saturated carbocycles. The summed E-state index contributed by atoms with van der Waals surface area (Å²) in [5, 5.41) is 5.61. The van der Waals surface area contributed by atoms with Crippen LogP contribution < -0.4 is 16.4 Å². The number of aryl methyl sites for hydroxylation is 1. The van der Waals surface area contributed by atoms with E-state index >= 15 is 0 Å². The van der Waals surface area contributed by atoms with Gasteiger partial charge in [-0.15, -0.1) is 0 Å². The molecule has 1 atom stereocenters. The van der Waals surface area contributed by atoms with E-state index < -0.39 is 6.04 Å². The van der Waals surface area contributed by atoms with E-state index in [2.05, 4.69) is 29.7 Å². The first-order valence-corrected chi connectivity index (χ1v) is 9.29. The summed E-state index contributed by atoms with van der Waals surface area (Å²) in [6, 6.07) is 7.70. The summed E-state index contributed by atoms with van der Waals surface area (Å²) < 4.78 is 5.54. The van der Waals surface area contributed by atoms with Gasteiger partial charge in [0.15, 0.2) is 0 Å². The van der Waals surface area contributed by atoms with Crippen molar-refractivity contribution < 1.29 is 14.3 Å². The zero-order valence-electron chi connectivity index (χ0n) is 16.0. The van der Waals surface area contributed by atoms with Crippen molar-refractivity contribution in [2.45, 2.75) is 45.1 Å². The van der Waals surface area contributed by atoms with Gasteiger partial charge < -0.3 is 21.1 Å². The molecule has 4 N–H and O–H groups in total. The fourth-order valence-electron chi connectivity index (χ4n) is 3.39. The third-order valence-corrected chi connectivity index (χ3v) is 5.23. The van der Waals surface area contributed by atoms with Gasteiger partial charge >= 0.3 is 0 Å². The van der Waals surface area contributed by atoms with Crippen LogP contribution in [0.2, 0.25) is 0 Å². The zero-order chi connectivity index (χ0) is 19.2. The zero-order valence-corrected chi connectivity index (χ0v) is 16.0. The molecule has 1 aliphatic rings. The lowest BCUT2D eigenvalue weighted by Gasteiger charge is -2.39. The average Bonchev–Trinajstić information content (AvgIpc) is 2.64. The molecular formula is C20H31N3O3. The van der Waals surface area contributed by atoms with E-state index in [9.17, 15) is 9.59 Å². The maximum Gasteiger partial charge on any atom is 0.239 e. The highest BCUT2D eigenvalue weighted by atomic mass is 16.5. The lowest BCUT2D eigenvalue weighted by molar-refractivity contribution is -0.127. The van der Waals surface area contributed by atoms with Gasteiger partial charge in [-0.05, 0) is 36.8 Å². The Morgan fingerprint density at radius 3 is 2.46 bits per heavy atom. The fourth-order valence-corrected chi connectivity index (χ4v) is 3.39. The van der Waals surface area contributed by atoms with Crippen molar-refractivity contribution in [1.82, 2.24) is 10.6 Å². The van der Waals surface area contributed by atoms with Crippen LogP contribution >= 0.6 is 0 Å². The first-order valence-electron chi connectivity index (χ1n) is 9.29. The minimum atomic E-state index is -0.600. The Morgan fingerprint density at radius 2 is 1.85 bits per heavy atom. The van der Waals surface area contributed by atoms with Crippen LogP contribution in [0.5, 0.6) is 0 Å². The molecule has 26 heavy (non-hydrogen) atoms. The molecular weight excluding hydrogens is 330 g/mol. The number of nitrogens with two attached hydrogens (primary N) is 1. The molecule has 1 saturated heterocycles. The normalized spacial score (nSPS) is 17.6. The number of hydrogen-bond acceptors (Lipinski definition) is 4. The van der Waals surface area contributed by atoms with Gasteiger partial charge in [0.1, 0.15) is 0 Å².